The van der Waals surface area contributed by atoms with E-state index < -0.39 is 6.09 Å². The van der Waals surface area contributed by atoms with Crippen LogP contribution in [0.15, 0.2) is 42.5 Å². The van der Waals surface area contributed by atoms with Crippen LogP contribution in [0.1, 0.15) is 17.5 Å². The molecule has 2 aliphatic rings. The van der Waals surface area contributed by atoms with Crippen molar-refractivity contribution in [3.63, 3.8) is 0 Å². The topological polar surface area (TPSA) is 32.8 Å². The van der Waals surface area contributed by atoms with Gasteiger partial charge in [-0.2, -0.15) is 0 Å². The van der Waals surface area contributed by atoms with Gasteiger partial charge in [-0.1, -0.05) is 35.9 Å². The Hall–Kier alpha value is -2.11. The van der Waals surface area contributed by atoms with Crippen molar-refractivity contribution in [2.75, 3.05) is 18.1 Å². The molecule has 0 N–H and O–H groups in total. The molecule has 130 valence electrons. The van der Waals surface area contributed by atoms with Crippen molar-refractivity contribution in [1.82, 2.24) is 4.90 Å². The Morgan fingerprint density at radius 1 is 1.24 bits per heavy atom. The molecule has 25 heavy (non-hydrogen) atoms. The zero-order valence-corrected chi connectivity index (χ0v) is 14.4. The first-order valence-corrected chi connectivity index (χ1v) is 8.70. The number of fused-ring (bicyclic) bond motifs is 3. The first-order valence-electron chi connectivity index (χ1n) is 8.32. The quantitative estimate of drug-likeness (QED) is 0.804. The number of benzene rings is 2. The number of ether oxygens (including phenoxy) is 1. The van der Waals surface area contributed by atoms with Gasteiger partial charge in [0.2, 0.25) is 0 Å². The molecule has 1 fully saturated rings. The lowest BCUT2D eigenvalue weighted by molar-refractivity contribution is 0.177. The third-order valence-electron chi connectivity index (χ3n) is 4.79. The van der Waals surface area contributed by atoms with Crippen LogP contribution >= 0.6 is 11.6 Å². The number of hydrogen-bond acceptors (Lipinski definition) is 3. The van der Waals surface area contributed by atoms with Gasteiger partial charge in [0, 0.05) is 24.7 Å². The second-order valence-corrected chi connectivity index (χ2v) is 6.87. The molecule has 6 heteroatoms. The van der Waals surface area contributed by atoms with E-state index in [2.05, 4.69) is 4.90 Å². The largest absolute Gasteiger partial charge is 0.447 e. The predicted molar refractivity (Wildman–Crippen MR) is 94.2 cm³/mol. The fourth-order valence-corrected chi connectivity index (χ4v) is 3.71. The Bertz CT molecular complexity index is 814. The fourth-order valence-electron chi connectivity index (χ4n) is 3.52. The van der Waals surface area contributed by atoms with Crippen LogP contribution in [0.4, 0.5) is 14.9 Å². The zero-order valence-electron chi connectivity index (χ0n) is 13.6. The first kappa shape index (κ1) is 16.4. The Kier molecular flexibility index (Phi) is 4.36. The molecule has 0 bridgehead atoms. The molecule has 0 aromatic heterocycles. The number of amides is 1. The summed E-state index contributed by atoms with van der Waals surface area (Å²) in [6.07, 6.45) is 0.378. The number of cyclic esters (lactones) is 1. The molecule has 2 aromatic rings. The lowest BCUT2D eigenvalue weighted by atomic mass is 10.0. The minimum absolute atomic E-state index is 0.0675. The van der Waals surface area contributed by atoms with E-state index in [1.54, 1.807) is 11.0 Å². The van der Waals surface area contributed by atoms with Gasteiger partial charge in [0.05, 0.1) is 11.7 Å². The molecule has 2 aromatic carbocycles. The van der Waals surface area contributed by atoms with E-state index in [1.165, 1.54) is 12.1 Å². The van der Waals surface area contributed by atoms with Gasteiger partial charge in [-0.25, -0.2) is 9.18 Å². The molecule has 0 aliphatic carbocycles. The summed E-state index contributed by atoms with van der Waals surface area (Å²) in [6, 6.07) is 12.3. The van der Waals surface area contributed by atoms with Crippen molar-refractivity contribution in [3.8, 4) is 0 Å². The van der Waals surface area contributed by atoms with Crippen LogP contribution in [-0.4, -0.2) is 30.2 Å². The maximum absolute atomic E-state index is 13.8. The molecule has 2 aliphatic heterocycles. The van der Waals surface area contributed by atoms with E-state index in [-0.39, 0.29) is 11.9 Å². The van der Waals surface area contributed by atoms with E-state index in [4.69, 9.17) is 16.3 Å². The van der Waals surface area contributed by atoms with Crippen molar-refractivity contribution in [2.24, 2.45) is 0 Å². The van der Waals surface area contributed by atoms with Gasteiger partial charge in [0.15, 0.2) is 0 Å². The minimum Gasteiger partial charge on any atom is -0.447 e. The zero-order chi connectivity index (χ0) is 17.4. The van der Waals surface area contributed by atoms with E-state index in [1.807, 2.05) is 24.3 Å². The average Bonchev–Trinajstić information content (AvgIpc) is 2.94. The summed E-state index contributed by atoms with van der Waals surface area (Å²) in [4.78, 5) is 16.0. The van der Waals surface area contributed by atoms with Gasteiger partial charge in [-0.3, -0.25) is 9.80 Å². The molecule has 1 unspecified atom stereocenters. The molecule has 1 atom stereocenters. The molecule has 0 saturated carbocycles. The van der Waals surface area contributed by atoms with Crippen molar-refractivity contribution < 1.29 is 13.9 Å². The summed E-state index contributed by atoms with van der Waals surface area (Å²) in [5.74, 6) is -0.351. The number of rotatable bonds is 2. The van der Waals surface area contributed by atoms with Crippen LogP contribution in [0.3, 0.4) is 0 Å². The molecule has 1 amide bonds. The number of nitrogens with zero attached hydrogens (tertiary/aromatic N) is 2. The number of hydrogen-bond donors (Lipinski definition) is 0. The summed E-state index contributed by atoms with van der Waals surface area (Å²) >= 11 is 6.30. The first-order chi connectivity index (χ1) is 12.1. The highest BCUT2D eigenvalue weighted by Gasteiger charge is 2.37. The van der Waals surface area contributed by atoms with Gasteiger partial charge in [-0.15, -0.1) is 0 Å². The highest BCUT2D eigenvalue weighted by atomic mass is 35.5. The van der Waals surface area contributed by atoms with Crippen molar-refractivity contribution >= 4 is 23.4 Å². The standard InChI is InChI=1S/C19H18ClFN2O2/c20-17-4-2-1-3-13(17)10-22-8-7-16-12-25-19(24)23(16)18-9-15(21)6-5-14(18)11-22/h1-6,9,16H,7-8,10-12H2. The van der Waals surface area contributed by atoms with Crippen LogP contribution in [0.2, 0.25) is 5.02 Å². The molecule has 0 spiro atoms. The van der Waals surface area contributed by atoms with E-state index in [0.717, 1.165) is 29.1 Å². The van der Waals surface area contributed by atoms with E-state index >= 15 is 0 Å². The average molecular weight is 361 g/mol. The number of anilines is 1. The van der Waals surface area contributed by atoms with Gasteiger partial charge >= 0.3 is 6.09 Å². The van der Waals surface area contributed by atoms with Gasteiger partial charge < -0.3 is 4.74 Å². The van der Waals surface area contributed by atoms with Gasteiger partial charge in [0.25, 0.3) is 0 Å². The minimum atomic E-state index is -0.392. The molecular formula is C19H18ClFN2O2. The normalized spacial score (nSPS) is 20.5. The summed E-state index contributed by atoms with van der Waals surface area (Å²) in [5, 5.41) is 0.741. The highest BCUT2D eigenvalue weighted by Crippen LogP contribution is 2.33. The molecule has 1 saturated heterocycles. The second-order valence-electron chi connectivity index (χ2n) is 6.46. The van der Waals surface area contributed by atoms with Gasteiger partial charge in [0.1, 0.15) is 12.4 Å². The van der Waals surface area contributed by atoms with Crippen LogP contribution in [0.25, 0.3) is 0 Å². The predicted octanol–water partition coefficient (Wildman–Crippen LogP) is 4.21. The van der Waals surface area contributed by atoms with E-state index in [0.29, 0.717) is 25.4 Å². The highest BCUT2D eigenvalue weighted by molar-refractivity contribution is 6.31. The van der Waals surface area contributed by atoms with Crippen molar-refractivity contribution in [2.45, 2.75) is 25.6 Å². The number of halogens is 2. The Labute approximate surface area is 150 Å². The number of carbonyl (C=O) groups is 1. The lowest BCUT2D eigenvalue weighted by Crippen LogP contribution is -2.40. The van der Waals surface area contributed by atoms with Crippen molar-refractivity contribution in [1.29, 1.82) is 0 Å². The molecule has 4 rings (SSSR count). The summed E-state index contributed by atoms with van der Waals surface area (Å²) in [6.45, 7) is 2.48. The summed E-state index contributed by atoms with van der Waals surface area (Å²) in [7, 11) is 0. The van der Waals surface area contributed by atoms with Gasteiger partial charge in [-0.05, 0) is 35.7 Å². The number of carbonyl (C=O) groups excluding carboxylic acids is 1. The maximum Gasteiger partial charge on any atom is 0.414 e. The molecule has 2 heterocycles. The molecule has 4 nitrogen and oxygen atoms in total. The van der Waals surface area contributed by atoms with Crippen LogP contribution in [-0.2, 0) is 17.8 Å². The third kappa shape index (κ3) is 3.22. The Morgan fingerprint density at radius 2 is 2.08 bits per heavy atom. The summed E-state index contributed by atoms with van der Waals surface area (Å²) in [5.41, 5.74) is 2.58. The smallest absolute Gasteiger partial charge is 0.414 e. The third-order valence-corrected chi connectivity index (χ3v) is 5.16. The van der Waals surface area contributed by atoms with E-state index in [9.17, 15) is 9.18 Å². The summed E-state index contributed by atoms with van der Waals surface area (Å²) < 4.78 is 19.0. The lowest BCUT2D eigenvalue weighted by Gasteiger charge is -2.32. The Morgan fingerprint density at radius 3 is 2.92 bits per heavy atom. The second kappa shape index (κ2) is 6.65. The Balaban J connectivity index is 1.67. The van der Waals surface area contributed by atoms with Crippen molar-refractivity contribution in [3.05, 3.63) is 64.4 Å². The van der Waals surface area contributed by atoms with Crippen LogP contribution in [0, 0.1) is 5.82 Å². The molecular weight excluding hydrogens is 343 g/mol. The SMILES string of the molecule is O=C1OCC2CCN(Cc3ccccc3Cl)Cc3ccc(F)cc3N12. The fraction of sp³-hybridized carbons (Fsp3) is 0.316. The maximum atomic E-state index is 13.8. The monoisotopic (exact) mass is 360 g/mol. The molecule has 0 radical (unpaired) electrons. The van der Waals surface area contributed by atoms with Crippen LogP contribution < -0.4 is 4.90 Å². The van der Waals surface area contributed by atoms with Crippen LogP contribution in [0.5, 0.6) is 0 Å².